The van der Waals surface area contributed by atoms with Crippen LogP contribution in [0.2, 0.25) is 0 Å². The van der Waals surface area contributed by atoms with Crippen LogP contribution in [0.1, 0.15) is 10.4 Å². The molecular weight excluding hydrogens is 208 g/mol. The molecule has 0 atom stereocenters. The first-order chi connectivity index (χ1) is 7.61. The van der Waals surface area contributed by atoms with Crippen molar-refractivity contribution in [2.45, 2.75) is 0 Å². The number of aryl methyl sites for hydroxylation is 1. The number of aromatic nitrogens is 2. The fraction of sp³-hybridized carbons (Fsp3) is 0.0909. The molecule has 2 heterocycles. The van der Waals surface area contributed by atoms with Gasteiger partial charge in [-0.1, -0.05) is 0 Å². The topological polar surface area (TPSA) is 75.1 Å². The Morgan fingerprint density at radius 3 is 2.75 bits per heavy atom. The molecule has 2 rings (SSSR count). The average molecular weight is 218 g/mol. The van der Waals surface area contributed by atoms with Crippen LogP contribution in [-0.2, 0) is 7.05 Å². The van der Waals surface area contributed by atoms with Gasteiger partial charge in [0.05, 0.1) is 0 Å². The Kier molecular flexibility index (Phi) is 2.36. The molecule has 0 aliphatic heterocycles. The normalized spacial score (nSPS) is 10.3. The number of nitrogens with zero attached hydrogens (tertiary/aromatic N) is 1. The fourth-order valence-corrected chi connectivity index (χ4v) is 1.56. The average Bonchev–Trinajstić information content (AvgIpc) is 2.74. The van der Waals surface area contributed by atoms with Gasteiger partial charge in [0.15, 0.2) is 0 Å². The molecule has 5 nitrogen and oxygen atoms in total. The highest BCUT2D eigenvalue weighted by atomic mass is 16.4. The van der Waals surface area contributed by atoms with Crippen molar-refractivity contribution in [2.24, 2.45) is 7.05 Å². The van der Waals surface area contributed by atoms with E-state index in [-0.39, 0.29) is 5.56 Å². The van der Waals surface area contributed by atoms with Crippen LogP contribution >= 0.6 is 0 Å². The third kappa shape index (κ3) is 1.52. The first-order valence-electron chi connectivity index (χ1n) is 4.68. The molecule has 0 bridgehead atoms. The van der Waals surface area contributed by atoms with Crippen LogP contribution in [0, 0.1) is 0 Å². The summed E-state index contributed by atoms with van der Waals surface area (Å²) in [7, 11) is 1.52. The maximum atomic E-state index is 11.7. The predicted molar refractivity (Wildman–Crippen MR) is 58.4 cm³/mol. The molecule has 5 heteroatoms. The minimum absolute atomic E-state index is 0.215. The Labute approximate surface area is 91.0 Å². The van der Waals surface area contributed by atoms with Crippen molar-refractivity contribution in [3.8, 4) is 11.3 Å². The van der Waals surface area contributed by atoms with E-state index in [1.807, 2.05) is 0 Å². The summed E-state index contributed by atoms with van der Waals surface area (Å²) >= 11 is 0. The third-order valence-electron chi connectivity index (χ3n) is 2.37. The highest BCUT2D eigenvalue weighted by Gasteiger charge is 2.17. The quantitative estimate of drug-likeness (QED) is 0.791. The van der Waals surface area contributed by atoms with E-state index in [0.717, 1.165) is 0 Å². The number of carbonyl (C=O) groups is 1. The number of H-pyrrole nitrogens is 1. The molecule has 0 unspecified atom stereocenters. The van der Waals surface area contributed by atoms with Gasteiger partial charge in [-0.25, -0.2) is 4.79 Å². The number of nitrogens with one attached hydrogen (secondary N) is 1. The van der Waals surface area contributed by atoms with Gasteiger partial charge in [-0.2, -0.15) is 0 Å². The summed E-state index contributed by atoms with van der Waals surface area (Å²) in [6.07, 6.45) is 3.23. The summed E-state index contributed by atoms with van der Waals surface area (Å²) in [4.78, 5) is 25.6. The number of pyridine rings is 1. The Morgan fingerprint density at radius 2 is 2.19 bits per heavy atom. The van der Waals surface area contributed by atoms with Crippen molar-refractivity contribution in [1.82, 2.24) is 9.55 Å². The number of carboxylic acid groups (broad SMARTS) is 1. The van der Waals surface area contributed by atoms with E-state index in [1.54, 1.807) is 30.6 Å². The molecule has 2 aromatic rings. The Balaban J connectivity index is 2.77. The summed E-state index contributed by atoms with van der Waals surface area (Å²) in [5.74, 6) is -1.22. The van der Waals surface area contributed by atoms with Crippen LogP contribution in [0.5, 0.6) is 0 Å². The van der Waals surface area contributed by atoms with E-state index in [9.17, 15) is 9.59 Å². The van der Waals surface area contributed by atoms with E-state index < -0.39 is 11.5 Å². The predicted octanol–water partition coefficient (Wildman–Crippen LogP) is 1.08. The van der Waals surface area contributed by atoms with Crippen molar-refractivity contribution in [3.63, 3.8) is 0 Å². The maximum Gasteiger partial charge on any atom is 0.342 e. The standard InChI is InChI=1S/C11H10N2O3/c1-13-6-4-7(8-3-2-5-12-8)9(10(13)14)11(15)16/h2-6,12H,1H3,(H,15,16). The number of hydrogen-bond donors (Lipinski definition) is 2. The molecule has 82 valence electrons. The highest BCUT2D eigenvalue weighted by molar-refractivity contribution is 5.94. The number of rotatable bonds is 2. The molecule has 0 fully saturated rings. The molecule has 0 aromatic carbocycles. The first kappa shape index (κ1) is 10.2. The SMILES string of the molecule is Cn1ccc(-c2ccc[nH]2)c(C(=O)O)c1=O. The van der Waals surface area contributed by atoms with E-state index in [0.29, 0.717) is 11.3 Å². The monoisotopic (exact) mass is 218 g/mol. The van der Waals surface area contributed by atoms with Gasteiger partial charge in [-0.05, 0) is 18.2 Å². The zero-order valence-corrected chi connectivity index (χ0v) is 8.60. The molecule has 0 spiro atoms. The Hall–Kier alpha value is -2.30. The van der Waals surface area contributed by atoms with Crippen molar-refractivity contribution in [2.75, 3.05) is 0 Å². The summed E-state index contributed by atoms with van der Waals surface area (Å²) in [5.41, 5.74) is 0.294. The summed E-state index contributed by atoms with van der Waals surface area (Å²) < 4.78 is 1.25. The molecule has 2 aromatic heterocycles. The van der Waals surface area contributed by atoms with E-state index in [4.69, 9.17) is 5.11 Å². The largest absolute Gasteiger partial charge is 0.477 e. The van der Waals surface area contributed by atoms with Crippen LogP contribution < -0.4 is 5.56 Å². The summed E-state index contributed by atoms with van der Waals surface area (Å²) in [6, 6.07) is 5.08. The number of aromatic carboxylic acids is 1. The van der Waals surface area contributed by atoms with Crippen LogP contribution in [0.25, 0.3) is 11.3 Å². The minimum Gasteiger partial charge on any atom is -0.477 e. The first-order valence-corrected chi connectivity index (χ1v) is 4.68. The Bertz CT molecular complexity index is 582. The van der Waals surface area contributed by atoms with Gasteiger partial charge >= 0.3 is 5.97 Å². The Morgan fingerprint density at radius 1 is 1.44 bits per heavy atom. The molecule has 0 aliphatic carbocycles. The molecule has 0 radical (unpaired) electrons. The van der Waals surface area contributed by atoms with Gasteiger partial charge in [0.2, 0.25) is 0 Å². The van der Waals surface area contributed by atoms with E-state index in [2.05, 4.69) is 4.98 Å². The van der Waals surface area contributed by atoms with Gasteiger partial charge < -0.3 is 14.7 Å². The van der Waals surface area contributed by atoms with Gasteiger partial charge in [0.25, 0.3) is 5.56 Å². The molecule has 0 aliphatic rings. The lowest BCUT2D eigenvalue weighted by Gasteiger charge is -2.05. The highest BCUT2D eigenvalue weighted by Crippen LogP contribution is 2.18. The molecule has 0 saturated heterocycles. The second kappa shape index (κ2) is 3.69. The lowest BCUT2D eigenvalue weighted by molar-refractivity contribution is 0.0695. The fourth-order valence-electron chi connectivity index (χ4n) is 1.56. The van der Waals surface area contributed by atoms with Crippen LogP contribution in [-0.4, -0.2) is 20.6 Å². The molecule has 0 amide bonds. The van der Waals surface area contributed by atoms with Gasteiger partial charge in [0, 0.05) is 30.7 Å². The molecule has 2 N–H and O–H groups in total. The molecule has 16 heavy (non-hydrogen) atoms. The van der Waals surface area contributed by atoms with Crippen molar-refractivity contribution in [1.29, 1.82) is 0 Å². The summed E-state index contributed by atoms with van der Waals surface area (Å²) in [5, 5.41) is 9.04. The van der Waals surface area contributed by atoms with Crippen molar-refractivity contribution in [3.05, 3.63) is 46.5 Å². The number of aromatic amines is 1. The minimum atomic E-state index is -1.22. The second-order valence-corrected chi connectivity index (χ2v) is 3.41. The van der Waals surface area contributed by atoms with Gasteiger partial charge in [-0.15, -0.1) is 0 Å². The van der Waals surface area contributed by atoms with Gasteiger partial charge in [0.1, 0.15) is 5.56 Å². The van der Waals surface area contributed by atoms with Crippen LogP contribution in [0.4, 0.5) is 0 Å². The van der Waals surface area contributed by atoms with Crippen LogP contribution in [0.3, 0.4) is 0 Å². The second-order valence-electron chi connectivity index (χ2n) is 3.41. The smallest absolute Gasteiger partial charge is 0.342 e. The molecular formula is C11H10N2O3. The summed E-state index contributed by atoms with van der Waals surface area (Å²) in [6.45, 7) is 0. The van der Waals surface area contributed by atoms with Gasteiger partial charge in [-0.3, -0.25) is 4.79 Å². The van der Waals surface area contributed by atoms with E-state index in [1.165, 1.54) is 11.6 Å². The lowest BCUT2D eigenvalue weighted by atomic mass is 10.1. The van der Waals surface area contributed by atoms with Crippen molar-refractivity contribution >= 4 is 5.97 Å². The zero-order chi connectivity index (χ0) is 11.7. The third-order valence-corrected chi connectivity index (χ3v) is 2.37. The number of carboxylic acids is 1. The van der Waals surface area contributed by atoms with Crippen molar-refractivity contribution < 1.29 is 9.90 Å². The van der Waals surface area contributed by atoms with E-state index >= 15 is 0 Å². The maximum absolute atomic E-state index is 11.7. The molecule has 0 saturated carbocycles. The zero-order valence-electron chi connectivity index (χ0n) is 8.60. The number of hydrogen-bond acceptors (Lipinski definition) is 2. The van der Waals surface area contributed by atoms with Crippen LogP contribution in [0.15, 0.2) is 35.4 Å². The lowest BCUT2D eigenvalue weighted by Crippen LogP contribution is -2.24.